The third-order valence-corrected chi connectivity index (χ3v) is 3.75. The Kier molecular flexibility index (Phi) is 3.00. The zero-order valence-electron chi connectivity index (χ0n) is 8.96. The molecule has 0 saturated heterocycles. The average Bonchev–Trinajstić information content (AvgIpc) is 2.99. The molecule has 15 heavy (non-hydrogen) atoms. The Bertz CT molecular complexity index is 378. The van der Waals surface area contributed by atoms with Crippen molar-refractivity contribution < 1.29 is 4.79 Å². The minimum Gasteiger partial charge on any atom is -0.339 e. The third kappa shape index (κ3) is 2.17. The molecule has 0 aliphatic heterocycles. The van der Waals surface area contributed by atoms with Gasteiger partial charge in [-0.1, -0.05) is 12.1 Å². The minimum absolute atomic E-state index is 0.167. The molecule has 0 aromatic heterocycles. The summed E-state index contributed by atoms with van der Waals surface area (Å²) in [5, 5.41) is 0. The molecular formula is C12H14INO. The van der Waals surface area contributed by atoms with Crippen LogP contribution < -0.4 is 0 Å². The van der Waals surface area contributed by atoms with Crippen molar-refractivity contribution in [2.45, 2.75) is 25.8 Å². The van der Waals surface area contributed by atoms with E-state index in [9.17, 15) is 4.79 Å². The maximum atomic E-state index is 12.2. The molecule has 0 heterocycles. The Balaban J connectivity index is 2.31. The number of carbonyl (C=O) groups is 1. The molecule has 0 spiro atoms. The summed E-state index contributed by atoms with van der Waals surface area (Å²) in [4.78, 5) is 14.1. The summed E-state index contributed by atoms with van der Waals surface area (Å²) in [6, 6.07) is 6.45. The van der Waals surface area contributed by atoms with Gasteiger partial charge in [0, 0.05) is 16.7 Å². The van der Waals surface area contributed by atoms with Crippen molar-refractivity contribution >= 4 is 28.5 Å². The molecule has 80 valence electrons. The standard InChI is InChI=1S/C12H14INO/c1-8-4-3-5-10(13)11(8)12(15)14(2)9-6-7-9/h3-5,9H,6-7H2,1-2H3. The van der Waals surface area contributed by atoms with Crippen LogP contribution in [0.25, 0.3) is 0 Å². The summed E-state index contributed by atoms with van der Waals surface area (Å²) >= 11 is 2.23. The Hall–Kier alpha value is -0.580. The first-order chi connectivity index (χ1) is 7.11. The van der Waals surface area contributed by atoms with Gasteiger partial charge < -0.3 is 4.90 Å². The van der Waals surface area contributed by atoms with Crippen LogP contribution in [-0.4, -0.2) is 23.9 Å². The first kappa shape index (κ1) is 10.9. The molecule has 1 aliphatic rings. The highest BCUT2D eigenvalue weighted by atomic mass is 127. The first-order valence-corrected chi connectivity index (χ1v) is 6.21. The van der Waals surface area contributed by atoms with Crippen LogP contribution in [0.2, 0.25) is 0 Å². The molecule has 1 amide bonds. The highest BCUT2D eigenvalue weighted by molar-refractivity contribution is 14.1. The molecule has 1 aromatic rings. The summed E-state index contributed by atoms with van der Waals surface area (Å²) in [7, 11) is 1.91. The predicted octanol–water partition coefficient (Wildman–Crippen LogP) is 2.83. The van der Waals surface area contributed by atoms with Gasteiger partial charge in [0.15, 0.2) is 0 Å². The number of rotatable bonds is 2. The van der Waals surface area contributed by atoms with Gasteiger partial charge >= 0.3 is 0 Å². The van der Waals surface area contributed by atoms with E-state index in [1.54, 1.807) is 0 Å². The second-order valence-corrected chi connectivity index (χ2v) is 5.24. The quantitative estimate of drug-likeness (QED) is 0.769. The molecule has 0 bridgehead atoms. The lowest BCUT2D eigenvalue weighted by Crippen LogP contribution is -2.30. The van der Waals surface area contributed by atoms with E-state index in [-0.39, 0.29) is 5.91 Å². The van der Waals surface area contributed by atoms with E-state index in [0.717, 1.165) is 27.5 Å². The van der Waals surface area contributed by atoms with Crippen LogP contribution >= 0.6 is 22.6 Å². The summed E-state index contributed by atoms with van der Waals surface area (Å²) in [5.41, 5.74) is 1.94. The number of benzene rings is 1. The zero-order chi connectivity index (χ0) is 11.0. The number of hydrogen-bond donors (Lipinski definition) is 0. The molecule has 2 nitrogen and oxygen atoms in total. The van der Waals surface area contributed by atoms with E-state index in [1.165, 1.54) is 0 Å². The van der Waals surface area contributed by atoms with Crippen molar-refractivity contribution in [1.29, 1.82) is 0 Å². The van der Waals surface area contributed by atoms with Gasteiger partial charge in [0.05, 0.1) is 5.56 Å². The van der Waals surface area contributed by atoms with Crippen molar-refractivity contribution in [2.75, 3.05) is 7.05 Å². The molecule has 3 heteroatoms. The van der Waals surface area contributed by atoms with Crippen LogP contribution in [0, 0.1) is 10.5 Å². The van der Waals surface area contributed by atoms with E-state index >= 15 is 0 Å². The Morgan fingerprint density at radius 1 is 1.47 bits per heavy atom. The number of aryl methyl sites for hydroxylation is 1. The average molecular weight is 315 g/mol. The lowest BCUT2D eigenvalue weighted by atomic mass is 10.1. The Morgan fingerprint density at radius 3 is 2.67 bits per heavy atom. The predicted molar refractivity (Wildman–Crippen MR) is 69.0 cm³/mol. The van der Waals surface area contributed by atoms with Crippen molar-refractivity contribution in [1.82, 2.24) is 4.90 Å². The highest BCUT2D eigenvalue weighted by Gasteiger charge is 2.31. The largest absolute Gasteiger partial charge is 0.339 e. The molecule has 1 fully saturated rings. The molecule has 0 unspecified atom stereocenters. The number of nitrogens with zero attached hydrogens (tertiary/aromatic N) is 1. The molecule has 1 aromatic carbocycles. The van der Waals surface area contributed by atoms with Gasteiger partial charge in [-0.2, -0.15) is 0 Å². The fourth-order valence-electron chi connectivity index (χ4n) is 1.71. The fourth-order valence-corrected chi connectivity index (χ4v) is 2.57. The van der Waals surface area contributed by atoms with E-state index in [0.29, 0.717) is 6.04 Å². The van der Waals surface area contributed by atoms with Crippen molar-refractivity contribution in [2.24, 2.45) is 0 Å². The molecule has 0 N–H and O–H groups in total. The van der Waals surface area contributed by atoms with Gasteiger partial charge in [0.1, 0.15) is 0 Å². The van der Waals surface area contributed by atoms with E-state index in [2.05, 4.69) is 22.6 Å². The second kappa shape index (κ2) is 4.12. The molecule has 0 radical (unpaired) electrons. The summed E-state index contributed by atoms with van der Waals surface area (Å²) < 4.78 is 1.05. The highest BCUT2D eigenvalue weighted by Crippen LogP contribution is 2.28. The van der Waals surface area contributed by atoms with Crippen LogP contribution in [-0.2, 0) is 0 Å². The number of carbonyl (C=O) groups excluding carboxylic acids is 1. The van der Waals surface area contributed by atoms with Crippen molar-refractivity contribution in [3.05, 3.63) is 32.9 Å². The summed E-state index contributed by atoms with van der Waals surface area (Å²) in [6.45, 7) is 2.00. The van der Waals surface area contributed by atoms with E-state index in [4.69, 9.17) is 0 Å². The Morgan fingerprint density at radius 2 is 2.13 bits per heavy atom. The summed E-state index contributed by atoms with van der Waals surface area (Å²) in [6.07, 6.45) is 2.31. The second-order valence-electron chi connectivity index (χ2n) is 4.08. The van der Waals surface area contributed by atoms with E-state index < -0.39 is 0 Å². The van der Waals surface area contributed by atoms with Gasteiger partial charge in [-0.25, -0.2) is 0 Å². The zero-order valence-corrected chi connectivity index (χ0v) is 11.1. The summed E-state index contributed by atoms with van der Waals surface area (Å²) in [5.74, 6) is 0.167. The SMILES string of the molecule is Cc1cccc(I)c1C(=O)N(C)C1CC1. The van der Waals surface area contributed by atoms with Crippen LogP contribution in [0.4, 0.5) is 0 Å². The van der Waals surface area contributed by atoms with E-state index in [1.807, 2.05) is 37.1 Å². The maximum Gasteiger partial charge on any atom is 0.255 e. The van der Waals surface area contributed by atoms with Gasteiger partial charge in [0.2, 0.25) is 0 Å². The molecule has 1 aliphatic carbocycles. The van der Waals surface area contributed by atoms with Crippen molar-refractivity contribution in [3.63, 3.8) is 0 Å². The third-order valence-electron chi connectivity index (χ3n) is 2.85. The molecular weight excluding hydrogens is 301 g/mol. The lowest BCUT2D eigenvalue weighted by molar-refractivity contribution is 0.0783. The Labute approximate surface area is 104 Å². The van der Waals surface area contributed by atoms with Gasteiger partial charge in [-0.15, -0.1) is 0 Å². The van der Waals surface area contributed by atoms with Gasteiger partial charge in [0.25, 0.3) is 5.91 Å². The van der Waals surface area contributed by atoms with Crippen LogP contribution in [0.3, 0.4) is 0 Å². The molecule has 0 atom stereocenters. The molecule has 1 saturated carbocycles. The number of hydrogen-bond acceptors (Lipinski definition) is 1. The van der Waals surface area contributed by atoms with Gasteiger partial charge in [-0.3, -0.25) is 4.79 Å². The van der Waals surface area contributed by atoms with Gasteiger partial charge in [-0.05, 0) is 54.0 Å². The molecule has 2 rings (SSSR count). The number of amides is 1. The van der Waals surface area contributed by atoms with Crippen LogP contribution in [0.1, 0.15) is 28.8 Å². The van der Waals surface area contributed by atoms with Crippen LogP contribution in [0.15, 0.2) is 18.2 Å². The fraction of sp³-hybridized carbons (Fsp3) is 0.417. The maximum absolute atomic E-state index is 12.2. The monoisotopic (exact) mass is 315 g/mol. The smallest absolute Gasteiger partial charge is 0.255 e. The minimum atomic E-state index is 0.167. The van der Waals surface area contributed by atoms with Crippen molar-refractivity contribution in [3.8, 4) is 0 Å². The first-order valence-electron chi connectivity index (χ1n) is 5.13. The lowest BCUT2D eigenvalue weighted by Gasteiger charge is -2.18. The normalized spacial score (nSPS) is 15.1. The number of halogens is 1. The van der Waals surface area contributed by atoms with Crippen LogP contribution in [0.5, 0.6) is 0 Å². The topological polar surface area (TPSA) is 20.3 Å².